The number of urea groups is 1. The molecule has 0 saturated carbocycles. The lowest BCUT2D eigenvalue weighted by atomic mass is 10.00. The van der Waals surface area contributed by atoms with Gasteiger partial charge in [0.1, 0.15) is 0 Å². The minimum absolute atomic E-state index is 0.121. The van der Waals surface area contributed by atoms with Crippen molar-refractivity contribution in [1.82, 2.24) is 14.8 Å². The van der Waals surface area contributed by atoms with Gasteiger partial charge in [0, 0.05) is 25.8 Å². The standard InChI is InChI=1S/C15H23N3O/c1-12-7-9-18(10-8-12)15(19)17(3)11-14-6-4-5-13(2)16-14/h4-6,12H,7-11H2,1-3H3. The summed E-state index contributed by atoms with van der Waals surface area (Å²) in [4.78, 5) is 20.5. The fourth-order valence-electron chi connectivity index (χ4n) is 2.44. The van der Waals surface area contributed by atoms with E-state index in [1.165, 1.54) is 0 Å². The van der Waals surface area contributed by atoms with Crippen molar-refractivity contribution in [2.24, 2.45) is 5.92 Å². The molecule has 2 rings (SSSR count). The number of likely N-dealkylation sites (tertiary alicyclic amines) is 1. The van der Waals surface area contributed by atoms with Gasteiger partial charge in [-0.05, 0) is 37.8 Å². The molecule has 1 aliphatic heterocycles. The second kappa shape index (κ2) is 6.04. The summed E-state index contributed by atoms with van der Waals surface area (Å²) >= 11 is 0. The average Bonchev–Trinajstić information content (AvgIpc) is 2.39. The lowest BCUT2D eigenvalue weighted by molar-refractivity contribution is 0.141. The number of aromatic nitrogens is 1. The van der Waals surface area contributed by atoms with Crippen LogP contribution in [0.1, 0.15) is 31.2 Å². The van der Waals surface area contributed by atoms with Gasteiger partial charge < -0.3 is 9.80 Å². The number of piperidine rings is 1. The predicted octanol–water partition coefficient (Wildman–Crippen LogP) is 2.67. The summed E-state index contributed by atoms with van der Waals surface area (Å²) in [6.07, 6.45) is 2.23. The molecular weight excluding hydrogens is 238 g/mol. The predicted molar refractivity (Wildman–Crippen MR) is 75.8 cm³/mol. The monoisotopic (exact) mass is 261 g/mol. The molecule has 4 heteroatoms. The Bertz CT molecular complexity index is 439. The van der Waals surface area contributed by atoms with Crippen molar-refractivity contribution < 1.29 is 4.79 Å². The molecule has 0 N–H and O–H groups in total. The normalized spacial score (nSPS) is 16.5. The molecule has 4 nitrogen and oxygen atoms in total. The van der Waals surface area contributed by atoms with E-state index in [9.17, 15) is 4.79 Å². The molecular formula is C15H23N3O. The minimum atomic E-state index is 0.121. The first kappa shape index (κ1) is 13.8. The molecule has 1 aromatic heterocycles. The maximum absolute atomic E-state index is 12.3. The molecule has 1 fully saturated rings. The van der Waals surface area contributed by atoms with Crippen LogP contribution in [0.15, 0.2) is 18.2 Å². The van der Waals surface area contributed by atoms with Crippen molar-refractivity contribution in [1.29, 1.82) is 0 Å². The maximum atomic E-state index is 12.3. The number of hydrogen-bond donors (Lipinski definition) is 0. The van der Waals surface area contributed by atoms with Gasteiger partial charge in [0.05, 0.1) is 12.2 Å². The van der Waals surface area contributed by atoms with E-state index in [4.69, 9.17) is 0 Å². The molecule has 0 aliphatic carbocycles. The van der Waals surface area contributed by atoms with Crippen LogP contribution in [0.2, 0.25) is 0 Å². The highest BCUT2D eigenvalue weighted by atomic mass is 16.2. The molecule has 1 aromatic rings. The number of nitrogens with zero attached hydrogens (tertiary/aromatic N) is 3. The van der Waals surface area contributed by atoms with Crippen molar-refractivity contribution in [3.05, 3.63) is 29.6 Å². The summed E-state index contributed by atoms with van der Waals surface area (Å²) in [5, 5.41) is 0. The molecule has 0 atom stereocenters. The van der Waals surface area contributed by atoms with E-state index in [1.807, 2.05) is 37.1 Å². The maximum Gasteiger partial charge on any atom is 0.320 e. The highest BCUT2D eigenvalue weighted by Gasteiger charge is 2.22. The van der Waals surface area contributed by atoms with Crippen molar-refractivity contribution in [3.63, 3.8) is 0 Å². The Labute approximate surface area is 115 Å². The van der Waals surface area contributed by atoms with Crippen LogP contribution in [-0.2, 0) is 6.54 Å². The third kappa shape index (κ3) is 3.69. The number of pyridine rings is 1. The van der Waals surface area contributed by atoms with E-state index in [-0.39, 0.29) is 6.03 Å². The Morgan fingerprint density at radius 3 is 2.74 bits per heavy atom. The quantitative estimate of drug-likeness (QED) is 0.820. The number of carbonyl (C=O) groups is 1. The van der Waals surface area contributed by atoms with Crippen molar-refractivity contribution in [3.8, 4) is 0 Å². The van der Waals surface area contributed by atoms with Gasteiger partial charge in [-0.3, -0.25) is 4.98 Å². The number of amides is 2. The second-order valence-electron chi connectivity index (χ2n) is 5.58. The van der Waals surface area contributed by atoms with Crippen LogP contribution in [0, 0.1) is 12.8 Å². The molecule has 104 valence electrons. The van der Waals surface area contributed by atoms with Crippen LogP contribution >= 0.6 is 0 Å². The SMILES string of the molecule is Cc1cccc(CN(C)C(=O)N2CCC(C)CC2)n1. The average molecular weight is 261 g/mol. The Morgan fingerprint density at radius 1 is 1.42 bits per heavy atom. The summed E-state index contributed by atoms with van der Waals surface area (Å²) in [6, 6.07) is 6.04. The summed E-state index contributed by atoms with van der Waals surface area (Å²) in [6.45, 7) is 6.56. The zero-order valence-electron chi connectivity index (χ0n) is 12.1. The Hall–Kier alpha value is -1.58. The fraction of sp³-hybridized carbons (Fsp3) is 0.600. The Kier molecular flexibility index (Phi) is 4.40. The van der Waals surface area contributed by atoms with E-state index < -0.39 is 0 Å². The summed E-state index contributed by atoms with van der Waals surface area (Å²) in [5.41, 5.74) is 1.94. The van der Waals surface area contributed by atoms with Crippen LogP contribution in [0.4, 0.5) is 4.79 Å². The molecule has 0 aromatic carbocycles. The van der Waals surface area contributed by atoms with Gasteiger partial charge in [-0.25, -0.2) is 4.79 Å². The first-order valence-electron chi connectivity index (χ1n) is 6.99. The van der Waals surface area contributed by atoms with Gasteiger partial charge in [0.15, 0.2) is 0 Å². The van der Waals surface area contributed by atoms with Gasteiger partial charge >= 0.3 is 6.03 Å². The van der Waals surface area contributed by atoms with Gasteiger partial charge in [-0.15, -0.1) is 0 Å². The lowest BCUT2D eigenvalue weighted by Crippen LogP contribution is -2.44. The molecule has 19 heavy (non-hydrogen) atoms. The molecule has 0 unspecified atom stereocenters. The Morgan fingerprint density at radius 2 is 2.11 bits per heavy atom. The summed E-state index contributed by atoms with van der Waals surface area (Å²) < 4.78 is 0. The van der Waals surface area contributed by atoms with Gasteiger partial charge in [-0.1, -0.05) is 13.0 Å². The fourth-order valence-corrected chi connectivity index (χ4v) is 2.44. The molecule has 1 aliphatic rings. The van der Waals surface area contributed by atoms with E-state index >= 15 is 0 Å². The molecule has 1 saturated heterocycles. The molecule has 2 heterocycles. The zero-order valence-corrected chi connectivity index (χ0v) is 12.1. The first-order valence-corrected chi connectivity index (χ1v) is 6.99. The lowest BCUT2D eigenvalue weighted by Gasteiger charge is -2.33. The van der Waals surface area contributed by atoms with E-state index in [0.717, 1.165) is 43.2 Å². The highest BCUT2D eigenvalue weighted by molar-refractivity contribution is 5.74. The van der Waals surface area contributed by atoms with Crippen molar-refractivity contribution in [2.45, 2.75) is 33.2 Å². The van der Waals surface area contributed by atoms with Crippen LogP contribution in [0.3, 0.4) is 0 Å². The Balaban J connectivity index is 1.92. The minimum Gasteiger partial charge on any atom is -0.325 e. The number of aryl methyl sites for hydroxylation is 1. The second-order valence-corrected chi connectivity index (χ2v) is 5.58. The van der Waals surface area contributed by atoms with E-state index in [1.54, 1.807) is 4.90 Å². The number of hydrogen-bond acceptors (Lipinski definition) is 2. The van der Waals surface area contributed by atoms with Crippen molar-refractivity contribution in [2.75, 3.05) is 20.1 Å². The largest absolute Gasteiger partial charge is 0.325 e. The van der Waals surface area contributed by atoms with Crippen molar-refractivity contribution >= 4 is 6.03 Å². The number of rotatable bonds is 2. The zero-order chi connectivity index (χ0) is 13.8. The van der Waals surface area contributed by atoms with Crippen LogP contribution in [-0.4, -0.2) is 41.0 Å². The van der Waals surface area contributed by atoms with E-state index in [2.05, 4.69) is 11.9 Å². The van der Waals surface area contributed by atoms with Crippen LogP contribution < -0.4 is 0 Å². The van der Waals surface area contributed by atoms with Crippen LogP contribution in [0.25, 0.3) is 0 Å². The third-order valence-electron chi connectivity index (χ3n) is 3.73. The highest BCUT2D eigenvalue weighted by Crippen LogP contribution is 2.17. The van der Waals surface area contributed by atoms with Gasteiger partial charge in [-0.2, -0.15) is 0 Å². The van der Waals surface area contributed by atoms with E-state index in [0.29, 0.717) is 6.54 Å². The van der Waals surface area contributed by atoms with Gasteiger partial charge in [0.2, 0.25) is 0 Å². The summed E-state index contributed by atoms with van der Waals surface area (Å²) in [7, 11) is 1.85. The molecule has 0 spiro atoms. The smallest absolute Gasteiger partial charge is 0.320 e. The third-order valence-corrected chi connectivity index (χ3v) is 3.73. The summed E-state index contributed by atoms with van der Waals surface area (Å²) in [5.74, 6) is 0.743. The van der Waals surface area contributed by atoms with Gasteiger partial charge in [0.25, 0.3) is 0 Å². The molecule has 0 bridgehead atoms. The topological polar surface area (TPSA) is 36.4 Å². The van der Waals surface area contributed by atoms with Crippen LogP contribution in [0.5, 0.6) is 0 Å². The first-order chi connectivity index (χ1) is 9.06. The molecule has 2 amide bonds. The number of carbonyl (C=O) groups excluding carboxylic acids is 1. The molecule has 0 radical (unpaired) electrons.